The van der Waals surface area contributed by atoms with Crippen molar-refractivity contribution in [1.29, 1.82) is 0 Å². The van der Waals surface area contributed by atoms with Crippen LogP contribution in [0.25, 0.3) is 0 Å². The lowest BCUT2D eigenvalue weighted by molar-refractivity contribution is -0.384. The molecule has 3 aromatic rings. The Morgan fingerprint density at radius 3 is 2.09 bits per heavy atom. The van der Waals surface area contributed by atoms with Gasteiger partial charge in [0.25, 0.3) is 5.69 Å². The van der Waals surface area contributed by atoms with E-state index in [0.29, 0.717) is 4.73 Å². The molecule has 2 aromatic carbocycles. The molecule has 34 heavy (non-hydrogen) atoms. The van der Waals surface area contributed by atoms with Crippen molar-refractivity contribution >= 4 is 22.6 Å². The Morgan fingerprint density at radius 1 is 1.03 bits per heavy atom. The maximum atomic E-state index is 12.8. The molecule has 0 amide bonds. The highest BCUT2D eigenvalue weighted by Crippen LogP contribution is 2.30. The first-order chi connectivity index (χ1) is 16.0. The first kappa shape index (κ1) is 24.6. The second-order valence-corrected chi connectivity index (χ2v) is 8.17. The molecule has 2 unspecified atom stereocenters. The summed E-state index contributed by atoms with van der Waals surface area (Å²) in [6.07, 6.45) is -7.34. The van der Waals surface area contributed by atoms with Crippen molar-refractivity contribution in [3.8, 4) is 11.8 Å². The van der Waals surface area contributed by atoms with Crippen molar-refractivity contribution in [2.75, 3.05) is 5.75 Å². The summed E-state index contributed by atoms with van der Waals surface area (Å²) in [6.45, 7) is 0. The fraction of sp³-hybridized carbons (Fsp3) is 0.150. The third kappa shape index (κ3) is 5.83. The third-order valence-electron chi connectivity index (χ3n) is 4.42. The van der Waals surface area contributed by atoms with Crippen LogP contribution in [0, 0.1) is 10.1 Å². The van der Waals surface area contributed by atoms with Gasteiger partial charge in [0.2, 0.25) is 11.8 Å². The maximum Gasteiger partial charge on any atom is 0.534 e. The van der Waals surface area contributed by atoms with Crippen molar-refractivity contribution in [1.82, 2.24) is 4.73 Å². The zero-order chi connectivity index (χ0) is 25.0. The van der Waals surface area contributed by atoms with E-state index < -0.39 is 57.2 Å². The van der Waals surface area contributed by atoms with Crippen molar-refractivity contribution in [2.45, 2.75) is 17.2 Å². The average molecular weight is 500 g/mol. The molecule has 0 aliphatic heterocycles. The van der Waals surface area contributed by atoms with Gasteiger partial charge in [0.15, 0.2) is 0 Å². The fourth-order valence-corrected chi connectivity index (χ4v) is 3.91. The summed E-state index contributed by atoms with van der Waals surface area (Å²) in [4.78, 5) is 27.2. The molecular formula is C20H15F3N2O8S. The predicted molar refractivity (Wildman–Crippen MR) is 109 cm³/mol. The Kier molecular flexibility index (Phi) is 7.10. The van der Waals surface area contributed by atoms with E-state index in [1.165, 1.54) is 12.1 Å². The third-order valence-corrected chi connectivity index (χ3v) is 5.83. The lowest BCUT2D eigenvalue weighted by Gasteiger charge is -2.18. The maximum absolute atomic E-state index is 12.8. The van der Waals surface area contributed by atoms with Gasteiger partial charge in [0.05, 0.1) is 27.0 Å². The van der Waals surface area contributed by atoms with Gasteiger partial charge < -0.3 is 14.9 Å². The first-order valence-corrected chi connectivity index (χ1v) is 10.6. The minimum absolute atomic E-state index is 0.0116. The quantitative estimate of drug-likeness (QED) is 0.282. The number of nitro benzene ring substituents is 1. The summed E-state index contributed by atoms with van der Waals surface area (Å²) < 4.78 is 56.6. The van der Waals surface area contributed by atoms with Gasteiger partial charge in [-0.3, -0.25) is 19.2 Å². The number of carbonyl (C=O) groups excluding carboxylic acids is 1. The molecule has 0 radical (unpaired) electrons. The van der Waals surface area contributed by atoms with E-state index in [1.54, 1.807) is 0 Å². The zero-order valence-corrected chi connectivity index (χ0v) is 17.7. The zero-order valence-electron chi connectivity index (χ0n) is 16.8. The van der Waals surface area contributed by atoms with Gasteiger partial charge in [-0.05, 0) is 42.0 Å². The summed E-state index contributed by atoms with van der Waals surface area (Å²) in [5, 5.41) is 30.0. The van der Waals surface area contributed by atoms with E-state index in [-0.39, 0.29) is 16.1 Å². The highest BCUT2D eigenvalue weighted by molar-refractivity contribution is 7.85. The molecule has 1 heterocycles. The van der Waals surface area contributed by atoms with E-state index in [2.05, 4.69) is 0 Å². The largest absolute Gasteiger partial charge is 0.534 e. The van der Waals surface area contributed by atoms with Crippen molar-refractivity contribution in [3.63, 3.8) is 0 Å². The molecular weight excluding hydrogens is 485 g/mol. The van der Waals surface area contributed by atoms with Crippen LogP contribution in [0.5, 0.6) is 11.8 Å². The van der Waals surface area contributed by atoms with Crippen LogP contribution in [-0.4, -0.2) is 36.0 Å². The highest BCUT2D eigenvalue weighted by Gasteiger charge is 2.30. The number of benzene rings is 2. The normalized spacial score (nSPS) is 13.1. The topological polar surface area (TPSA) is 141 Å². The van der Waals surface area contributed by atoms with E-state index in [4.69, 9.17) is 9.57 Å². The summed E-state index contributed by atoms with van der Waals surface area (Å²) in [7, 11) is -1.97. The average Bonchev–Trinajstić information content (AvgIpc) is 3.10. The minimum atomic E-state index is -4.58. The summed E-state index contributed by atoms with van der Waals surface area (Å²) in [5.41, 5.74) is -1.04. The van der Waals surface area contributed by atoms with Crippen molar-refractivity contribution < 1.29 is 46.9 Å². The number of hydrogen-bond donors (Lipinski definition) is 2. The highest BCUT2D eigenvalue weighted by atomic mass is 32.2. The second-order valence-electron chi connectivity index (χ2n) is 6.67. The van der Waals surface area contributed by atoms with Gasteiger partial charge in [0.1, 0.15) is 6.10 Å². The number of nitrogens with zero attached hydrogens (tertiary/aromatic N) is 2. The number of rotatable bonds is 7. The number of aromatic hydroxyl groups is 2. The Labute approximate surface area is 191 Å². The molecule has 180 valence electrons. The molecule has 2 N–H and O–H groups in total. The smallest absolute Gasteiger partial charge is 0.492 e. The van der Waals surface area contributed by atoms with E-state index in [9.17, 15) is 42.5 Å². The Hall–Kier alpha value is -4.07. The molecule has 14 heteroatoms. The minimum Gasteiger partial charge on any atom is -0.492 e. The molecule has 0 fully saturated rings. The number of carbonyl (C=O) groups is 1. The molecule has 0 aliphatic rings. The van der Waals surface area contributed by atoms with Crippen LogP contribution >= 0.6 is 0 Å². The number of nitro groups is 1. The van der Waals surface area contributed by atoms with Gasteiger partial charge in [0, 0.05) is 29.2 Å². The van der Waals surface area contributed by atoms with Crippen LogP contribution in [0.3, 0.4) is 0 Å². The van der Waals surface area contributed by atoms with Gasteiger partial charge >= 0.3 is 12.3 Å². The van der Waals surface area contributed by atoms with E-state index in [0.717, 1.165) is 48.5 Å². The van der Waals surface area contributed by atoms with E-state index in [1.807, 2.05) is 0 Å². The van der Waals surface area contributed by atoms with Gasteiger partial charge in [-0.1, -0.05) is 0 Å². The molecule has 1 aromatic heterocycles. The van der Waals surface area contributed by atoms with Crippen molar-refractivity contribution in [3.05, 3.63) is 81.9 Å². The molecule has 0 bridgehead atoms. The van der Waals surface area contributed by atoms with Crippen LogP contribution in [0.2, 0.25) is 0 Å². The van der Waals surface area contributed by atoms with Crippen LogP contribution in [0.15, 0.2) is 65.6 Å². The van der Waals surface area contributed by atoms with Crippen molar-refractivity contribution in [2.24, 2.45) is 0 Å². The van der Waals surface area contributed by atoms with Crippen LogP contribution in [-0.2, 0) is 21.7 Å². The number of non-ortho nitro benzene ring substituents is 1. The second kappa shape index (κ2) is 9.82. The standard InChI is InChI=1S/C20H15F3N2O8S/c21-20(22,23)13-3-7-15(8-4-13)34(31)11-16(12-1-5-14(6-2-12)25(29)30)32-19(28)33-24-17(26)9-10-18(24)27/h1-10,16,26-27H,11H2. The SMILES string of the molecule is O=C(OC(CS(=O)c1ccc(C(F)(F)F)cc1)c1ccc([N+](=O)[O-])cc1)On1c(O)ccc1O. The molecule has 3 rings (SSSR count). The Balaban J connectivity index is 1.83. The fourth-order valence-electron chi connectivity index (χ4n) is 2.75. The van der Waals surface area contributed by atoms with Crippen LogP contribution < -0.4 is 4.84 Å². The number of alkyl halides is 3. The molecule has 2 atom stereocenters. The summed E-state index contributed by atoms with van der Waals surface area (Å²) in [5.74, 6) is -1.70. The predicted octanol–water partition coefficient (Wildman–Crippen LogP) is 3.94. The van der Waals surface area contributed by atoms with E-state index >= 15 is 0 Å². The van der Waals surface area contributed by atoms with Gasteiger partial charge in [-0.2, -0.15) is 13.2 Å². The molecule has 0 spiro atoms. The van der Waals surface area contributed by atoms with Gasteiger partial charge in [-0.25, -0.2) is 4.79 Å². The molecule has 10 nitrogen and oxygen atoms in total. The first-order valence-electron chi connectivity index (χ1n) is 9.24. The lowest BCUT2D eigenvalue weighted by atomic mass is 10.1. The van der Waals surface area contributed by atoms with Crippen LogP contribution in [0.4, 0.5) is 23.7 Å². The monoisotopic (exact) mass is 500 g/mol. The summed E-state index contributed by atoms with van der Waals surface area (Å²) in [6, 6.07) is 10.3. The number of halogens is 3. The molecule has 0 saturated heterocycles. The lowest BCUT2D eigenvalue weighted by Crippen LogP contribution is -2.24. The number of ether oxygens (including phenoxy) is 1. The Morgan fingerprint density at radius 2 is 1.59 bits per heavy atom. The molecule has 0 aliphatic carbocycles. The molecule has 0 saturated carbocycles. The number of aromatic nitrogens is 1. The summed E-state index contributed by atoms with van der Waals surface area (Å²) >= 11 is 0. The Bertz CT molecular complexity index is 1190. The van der Waals surface area contributed by atoms with Gasteiger partial charge in [-0.15, -0.1) is 4.73 Å². The van der Waals surface area contributed by atoms with Crippen LogP contribution in [0.1, 0.15) is 17.2 Å². The number of hydrogen-bond acceptors (Lipinski definition) is 8.